The molecule has 1 amide bonds. The summed E-state index contributed by atoms with van der Waals surface area (Å²) in [4.78, 5) is 20.6. The van der Waals surface area contributed by atoms with Gasteiger partial charge in [0.2, 0.25) is 5.91 Å². The highest BCUT2D eigenvalue weighted by molar-refractivity contribution is 5.81. The summed E-state index contributed by atoms with van der Waals surface area (Å²) >= 11 is 0. The Kier molecular flexibility index (Phi) is 5.59. The molecule has 0 saturated carbocycles. The molecule has 2 rings (SSSR count). The Morgan fingerprint density at radius 2 is 2.10 bits per heavy atom. The molecule has 1 aromatic heterocycles. The van der Waals surface area contributed by atoms with Crippen molar-refractivity contribution in [3.8, 4) is 0 Å². The van der Waals surface area contributed by atoms with Crippen molar-refractivity contribution in [2.45, 2.75) is 19.5 Å². The Morgan fingerprint density at radius 3 is 2.86 bits per heavy atom. The number of amides is 1. The van der Waals surface area contributed by atoms with Gasteiger partial charge < -0.3 is 15.4 Å². The van der Waals surface area contributed by atoms with Crippen LogP contribution in [0.5, 0.6) is 0 Å². The number of hydrogen-bond acceptors (Lipinski definition) is 5. The minimum Gasteiger partial charge on any atom is -0.383 e. The number of rotatable bonds is 7. The molecule has 1 unspecified atom stereocenters. The Hall–Kier alpha value is -2.05. The van der Waals surface area contributed by atoms with Gasteiger partial charge in [0.15, 0.2) is 0 Å². The summed E-state index contributed by atoms with van der Waals surface area (Å²) < 4.78 is 4.89. The maximum absolute atomic E-state index is 11.8. The SMILES string of the molecule is COCCNC(=O)C(C)NCc1cnc2ccccc2n1. The molecule has 0 aliphatic rings. The van der Waals surface area contributed by atoms with Crippen LogP contribution in [0.1, 0.15) is 12.6 Å². The van der Waals surface area contributed by atoms with Crippen molar-refractivity contribution in [3.63, 3.8) is 0 Å². The molecular formula is C15H20N4O2. The first-order valence-electron chi connectivity index (χ1n) is 6.91. The van der Waals surface area contributed by atoms with Crippen molar-refractivity contribution >= 4 is 16.9 Å². The summed E-state index contributed by atoms with van der Waals surface area (Å²) in [5.74, 6) is -0.0548. The molecule has 0 radical (unpaired) electrons. The standard InChI is InChI=1S/C15H20N4O2/c1-11(15(20)16-7-8-21-2)17-9-12-10-18-13-5-3-4-6-14(13)19-12/h3-6,10-11,17H,7-9H2,1-2H3,(H,16,20). The van der Waals surface area contributed by atoms with Crippen molar-refractivity contribution in [1.29, 1.82) is 0 Å². The normalized spacial score (nSPS) is 12.3. The van der Waals surface area contributed by atoms with E-state index in [1.807, 2.05) is 31.2 Å². The van der Waals surface area contributed by atoms with E-state index in [-0.39, 0.29) is 11.9 Å². The van der Waals surface area contributed by atoms with Crippen LogP contribution < -0.4 is 10.6 Å². The first-order chi connectivity index (χ1) is 10.2. The number of nitrogens with one attached hydrogen (secondary N) is 2. The van der Waals surface area contributed by atoms with Crippen LogP contribution in [0.25, 0.3) is 11.0 Å². The fraction of sp³-hybridized carbons (Fsp3) is 0.400. The number of carbonyl (C=O) groups is 1. The minimum atomic E-state index is -0.296. The number of aromatic nitrogens is 2. The summed E-state index contributed by atoms with van der Waals surface area (Å²) in [7, 11) is 1.60. The van der Waals surface area contributed by atoms with Crippen LogP contribution >= 0.6 is 0 Å². The lowest BCUT2D eigenvalue weighted by molar-refractivity contribution is -0.122. The lowest BCUT2D eigenvalue weighted by Gasteiger charge is -2.13. The van der Waals surface area contributed by atoms with Gasteiger partial charge in [-0.25, -0.2) is 4.98 Å². The highest BCUT2D eigenvalue weighted by Gasteiger charge is 2.11. The van der Waals surface area contributed by atoms with E-state index in [0.29, 0.717) is 19.7 Å². The molecule has 1 aromatic carbocycles. The highest BCUT2D eigenvalue weighted by atomic mass is 16.5. The quantitative estimate of drug-likeness (QED) is 0.739. The maximum Gasteiger partial charge on any atom is 0.236 e. The second-order valence-electron chi connectivity index (χ2n) is 4.74. The van der Waals surface area contributed by atoms with Gasteiger partial charge in [-0.2, -0.15) is 0 Å². The second kappa shape index (κ2) is 7.66. The second-order valence-corrected chi connectivity index (χ2v) is 4.74. The van der Waals surface area contributed by atoms with Gasteiger partial charge in [-0.3, -0.25) is 9.78 Å². The molecule has 6 heteroatoms. The predicted molar refractivity (Wildman–Crippen MR) is 80.7 cm³/mol. The van der Waals surface area contributed by atoms with Crippen LogP contribution in [0.4, 0.5) is 0 Å². The lowest BCUT2D eigenvalue weighted by atomic mass is 10.2. The summed E-state index contributed by atoms with van der Waals surface area (Å²) in [6, 6.07) is 7.41. The zero-order valence-electron chi connectivity index (χ0n) is 12.3. The summed E-state index contributed by atoms with van der Waals surface area (Å²) in [6.45, 7) is 3.33. The fourth-order valence-electron chi connectivity index (χ4n) is 1.86. The van der Waals surface area contributed by atoms with E-state index >= 15 is 0 Å². The van der Waals surface area contributed by atoms with Crippen molar-refractivity contribution in [1.82, 2.24) is 20.6 Å². The Bertz CT molecular complexity index is 603. The van der Waals surface area contributed by atoms with Gasteiger partial charge in [0.1, 0.15) is 0 Å². The minimum absolute atomic E-state index is 0.0548. The zero-order chi connectivity index (χ0) is 15.1. The number of para-hydroxylation sites is 2. The molecule has 21 heavy (non-hydrogen) atoms. The number of carbonyl (C=O) groups excluding carboxylic acids is 1. The monoisotopic (exact) mass is 288 g/mol. The van der Waals surface area contributed by atoms with E-state index in [1.165, 1.54) is 0 Å². The van der Waals surface area contributed by atoms with Gasteiger partial charge in [-0.05, 0) is 19.1 Å². The number of hydrogen-bond donors (Lipinski definition) is 2. The first kappa shape index (κ1) is 15.3. The Balaban J connectivity index is 1.87. The van der Waals surface area contributed by atoms with Crippen LogP contribution in [0.15, 0.2) is 30.5 Å². The molecule has 0 spiro atoms. The average molecular weight is 288 g/mol. The third-order valence-corrected chi connectivity index (χ3v) is 3.09. The number of methoxy groups -OCH3 is 1. The van der Waals surface area contributed by atoms with Crippen LogP contribution in [0, 0.1) is 0 Å². The van der Waals surface area contributed by atoms with E-state index in [2.05, 4.69) is 20.6 Å². The van der Waals surface area contributed by atoms with E-state index in [4.69, 9.17) is 4.74 Å². The number of ether oxygens (including phenoxy) is 1. The fourth-order valence-corrected chi connectivity index (χ4v) is 1.86. The number of nitrogens with zero attached hydrogens (tertiary/aromatic N) is 2. The molecule has 0 bridgehead atoms. The van der Waals surface area contributed by atoms with Crippen LogP contribution in [0.3, 0.4) is 0 Å². The summed E-state index contributed by atoms with van der Waals surface area (Å²) in [5.41, 5.74) is 2.53. The largest absolute Gasteiger partial charge is 0.383 e. The zero-order valence-corrected chi connectivity index (χ0v) is 12.3. The molecule has 6 nitrogen and oxygen atoms in total. The van der Waals surface area contributed by atoms with E-state index in [9.17, 15) is 4.79 Å². The van der Waals surface area contributed by atoms with Crippen LogP contribution in [0.2, 0.25) is 0 Å². The van der Waals surface area contributed by atoms with Crippen LogP contribution in [-0.2, 0) is 16.1 Å². The van der Waals surface area contributed by atoms with Crippen LogP contribution in [-0.4, -0.2) is 42.2 Å². The molecule has 0 aliphatic heterocycles. The smallest absolute Gasteiger partial charge is 0.236 e. The summed E-state index contributed by atoms with van der Waals surface area (Å²) in [6.07, 6.45) is 1.73. The van der Waals surface area contributed by atoms with Gasteiger partial charge in [0, 0.05) is 20.2 Å². The topological polar surface area (TPSA) is 76.1 Å². The third kappa shape index (κ3) is 4.47. The highest BCUT2D eigenvalue weighted by Crippen LogP contribution is 2.08. The maximum atomic E-state index is 11.8. The number of benzene rings is 1. The van der Waals surface area contributed by atoms with Crippen molar-refractivity contribution in [2.24, 2.45) is 0 Å². The molecule has 1 atom stereocenters. The van der Waals surface area contributed by atoms with Gasteiger partial charge in [-0.15, -0.1) is 0 Å². The molecule has 112 valence electrons. The third-order valence-electron chi connectivity index (χ3n) is 3.09. The first-order valence-corrected chi connectivity index (χ1v) is 6.91. The van der Waals surface area contributed by atoms with E-state index < -0.39 is 0 Å². The van der Waals surface area contributed by atoms with Gasteiger partial charge in [0.25, 0.3) is 0 Å². The van der Waals surface area contributed by atoms with E-state index in [1.54, 1.807) is 13.3 Å². The molecule has 2 aromatic rings. The lowest BCUT2D eigenvalue weighted by Crippen LogP contribution is -2.42. The van der Waals surface area contributed by atoms with Crippen molar-refractivity contribution < 1.29 is 9.53 Å². The van der Waals surface area contributed by atoms with Gasteiger partial charge in [-0.1, -0.05) is 12.1 Å². The number of fused-ring (bicyclic) bond motifs is 1. The molecule has 0 saturated heterocycles. The van der Waals surface area contributed by atoms with Gasteiger partial charge >= 0.3 is 0 Å². The molecule has 1 heterocycles. The Labute approximate surface area is 123 Å². The average Bonchev–Trinajstić information content (AvgIpc) is 2.52. The van der Waals surface area contributed by atoms with Gasteiger partial charge in [0.05, 0.1) is 35.6 Å². The molecular weight excluding hydrogens is 268 g/mol. The van der Waals surface area contributed by atoms with E-state index in [0.717, 1.165) is 16.7 Å². The molecule has 0 fully saturated rings. The predicted octanol–water partition coefficient (Wildman–Crippen LogP) is 0.870. The summed E-state index contributed by atoms with van der Waals surface area (Å²) in [5, 5.41) is 5.92. The van der Waals surface area contributed by atoms with Crippen molar-refractivity contribution in [3.05, 3.63) is 36.2 Å². The molecule has 2 N–H and O–H groups in total. The molecule has 0 aliphatic carbocycles. The Morgan fingerprint density at radius 1 is 1.33 bits per heavy atom. The van der Waals surface area contributed by atoms with Crippen molar-refractivity contribution in [2.75, 3.05) is 20.3 Å².